The van der Waals surface area contributed by atoms with Crippen molar-refractivity contribution in [2.24, 2.45) is 5.73 Å². The van der Waals surface area contributed by atoms with Gasteiger partial charge in [0.05, 0.1) is 0 Å². The topological polar surface area (TPSA) is 48.0 Å². The minimum atomic E-state index is -0.00926. The van der Waals surface area contributed by atoms with Crippen molar-refractivity contribution in [2.75, 3.05) is 0 Å². The summed E-state index contributed by atoms with van der Waals surface area (Å²) in [7, 11) is 0. The smallest absolute Gasteiger partial charge is 0.260 e. The third-order valence-electron chi connectivity index (χ3n) is 3.38. The molecule has 19 heavy (non-hydrogen) atoms. The maximum Gasteiger partial charge on any atom is 0.260 e. The molecule has 2 rings (SSSR count). The third-order valence-corrected chi connectivity index (χ3v) is 3.38. The molecule has 1 aromatic heterocycles. The Balaban J connectivity index is 2.79. The molecule has 0 bridgehead atoms. The number of benzene rings is 1. The van der Waals surface area contributed by atoms with Crippen LogP contribution in [0, 0.1) is 27.7 Å². The van der Waals surface area contributed by atoms with E-state index in [0.717, 1.165) is 28.1 Å². The van der Waals surface area contributed by atoms with E-state index in [0.29, 0.717) is 5.56 Å². The SMILES string of the molecule is Cc1cc(C)cc(-n2c(C)cc(C)c(CN)c2=O)c1. The Morgan fingerprint density at radius 2 is 1.58 bits per heavy atom. The van der Waals surface area contributed by atoms with E-state index in [1.54, 1.807) is 4.57 Å². The van der Waals surface area contributed by atoms with Gasteiger partial charge >= 0.3 is 0 Å². The van der Waals surface area contributed by atoms with Crippen LogP contribution in [0.15, 0.2) is 29.1 Å². The summed E-state index contributed by atoms with van der Waals surface area (Å²) in [6.45, 7) is 8.23. The molecule has 1 aromatic carbocycles. The second kappa shape index (κ2) is 5.02. The van der Waals surface area contributed by atoms with E-state index in [1.807, 2.05) is 45.9 Å². The van der Waals surface area contributed by atoms with Crippen LogP contribution in [0.5, 0.6) is 0 Å². The second-order valence-electron chi connectivity index (χ2n) is 5.14. The van der Waals surface area contributed by atoms with Gasteiger partial charge in [-0.15, -0.1) is 0 Å². The van der Waals surface area contributed by atoms with Crippen LogP contribution in [0.2, 0.25) is 0 Å². The lowest BCUT2D eigenvalue weighted by Crippen LogP contribution is -2.27. The molecule has 0 unspecified atom stereocenters. The number of rotatable bonds is 2. The summed E-state index contributed by atoms with van der Waals surface area (Å²) in [6, 6.07) is 8.16. The van der Waals surface area contributed by atoms with E-state index in [-0.39, 0.29) is 12.1 Å². The lowest BCUT2D eigenvalue weighted by atomic mass is 10.1. The van der Waals surface area contributed by atoms with E-state index in [1.165, 1.54) is 0 Å². The molecule has 0 radical (unpaired) electrons. The van der Waals surface area contributed by atoms with Crippen LogP contribution < -0.4 is 11.3 Å². The predicted octanol–water partition coefficient (Wildman–Crippen LogP) is 2.53. The van der Waals surface area contributed by atoms with Crippen LogP contribution in [0.4, 0.5) is 0 Å². The van der Waals surface area contributed by atoms with Crippen molar-refractivity contribution in [3.8, 4) is 5.69 Å². The van der Waals surface area contributed by atoms with Gasteiger partial charge < -0.3 is 5.73 Å². The van der Waals surface area contributed by atoms with E-state index in [9.17, 15) is 4.79 Å². The van der Waals surface area contributed by atoms with Crippen LogP contribution in [0.25, 0.3) is 5.69 Å². The highest BCUT2D eigenvalue weighted by Gasteiger charge is 2.11. The summed E-state index contributed by atoms with van der Waals surface area (Å²) in [5.41, 5.74) is 11.5. The Hall–Kier alpha value is -1.87. The molecular weight excluding hydrogens is 236 g/mol. The molecule has 0 aliphatic carbocycles. The van der Waals surface area contributed by atoms with E-state index in [4.69, 9.17) is 5.73 Å². The van der Waals surface area contributed by atoms with Gasteiger partial charge in [-0.2, -0.15) is 0 Å². The van der Waals surface area contributed by atoms with Crippen molar-refractivity contribution in [1.29, 1.82) is 0 Å². The molecular formula is C16H20N2O. The highest BCUT2D eigenvalue weighted by molar-refractivity contribution is 5.42. The summed E-state index contributed by atoms with van der Waals surface area (Å²) in [5.74, 6) is 0. The average Bonchev–Trinajstić information content (AvgIpc) is 2.27. The first kappa shape index (κ1) is 13.6. The zero-order valence-electron chi connectivity index (χ0n) is 11.9. The highest BCUT2D eigenvalue weighted by atomic mass is 16.1. The molecule has 0 atom stereocenters. The van der Waals surface area contributed by atoms with Gasteiger partial charge in [-0.25, -0.2) is 0 Å². The fourth-order valence-electron chi connectivity index (χ4n) is 2.58. The largest absolute Gasteiger partial charge is 0.326 e. The van der Waals surface area contributed by atoms with Gasteiger partial charge in [-0.3, -0.25) is 9.36 Å². The molecule has 3 heteroatoms. The maximum atomic E-state index is 12.5. The molecule has 0 fully saturated rings. The van der Waals surface area contributed by atoms with Gasteiger partial charge in [0.2, 0.25) is 0 Å². The quantitative estimate of drug-likeness (QED) is 0.897. The molecule has 0 saturated carbocycles. The molecule has 0 aliphatic rings. The van der Waals surface area contributed by atoms with Crippen LogP contribution in [0.1, 0.15) is 27.9 Å². The Kier molecular flexibility index (Phi) is 3.58. The molecule has 1 heterocycles. The first-order valence-corrected chi connectivity index (χ1v) is 6.45. The van der Waals surface area contributed by atoms with Crippen molar-refractivity contribution in [3.63, 3.8) is 0 Å². The highest BCUT2D eigenvalue weighted by Crippen LogP contribution is 2.15. The van der Waals surface area contributed by atoms with Crippen molar-refractivity contribution in [2.45, 2.75) is 34.2 Å². The van der Waals surface area contributed by atoms with Gasteiger partial charge in [0.15, 0.2) is 0 Å². The Bertz CT molecular complexity index is 664. The maximum absolute atomic E-state index is 12.5. The molecule has 0 saturated heterocycles. The van der Waals surface area contributed by atoms with Gasteiger partial charge in [0.25, 0.3) is 5.56 Å². The number of aromatic nitrogens is 1. The zero-order valence-corrected chi connectivity index (χ0v) is 11.9. The van der Waals surface area contributed by atoms with Crippen LogP contribution in [-0.4, -0.2) is 4.57 Å². The van der Waals surface area contributed by atoms with Gasteiger partial charge in [-0.05, 0) is 62.6 Å². The Morgan fingerprint density at radius 1 is 1.00 bits per heavy atom. The number of hydrogen-bond donors (Lipinski definition) is 1. The molecule has 0 amide bonds. The normalized spacial score (nSPS) is 10.8. The summed E-state index contributed by atoms with van der Waals surface area (Å²) in [4.78, 5) is 12.5. The zero-order chi connectivity index (χ0) is 14.2. The van der Waals surface area contributed by atoms with E-state index < -0.39 is 0 Å². The summed E-state index contributed by atoms with van der Waals surface area (Å²) < 4.78 is 1.75. The number of nitrogens with zero attached hydrogens (tertiary/aromatic N) is 1. The van der Waals surface area contributed by atoms with Crippen LogP contribution in [-0.2, 0) is 6.54 Å². The number of nitrogens with two attached hydrogens (primary N) is 1. The molecule has 2 aromatic rings. The fraction of sp³-hybridized carbons (Fsp3) is 0.312. The van der Waals surface area contributed by atoms with Crippen LogP contribution >= 0.6 is 0 Å². The molecule has 3 nitrogen and oxygen atoms in total. The van der Waals surface area contributed by atoms with Crippen molar-refractivity contribution in [3.05, 3.63) is 62.6 Å². The van der Waals surface area contributed by atoms with Gasteiger partial charge in [0.1, 0.15) is 0 Å². The number of hydrogen-bond acceptors (Lipinski definition) is 2. The number of pyridine rings is 1. The van der Waals surface area contributed by atoms with Crippen LogP contribution in [0.3, 0.4) is 0 Å². The minimum absolute atomic E-state index is 0.00926. The summed E-state index contributed by atoms with van der Waals surface area (Å²) in [5, 5.41) is 0. The molecule has 0 spiro atoms. The van der Waals surface area contributed by atoms with Crippen molar-refractivity contribution >= 4 is 0 Å². The van der Waals surface area contributed by atoms with E-state index in [2.05, 4.69) is 6.07 Å². The number of aryl methyl sites for hydroxylation is 4. The second-order valence-corrected chi connectivity index (χ2v) is 5.14. The Labute approximate surface area is 113 Å². The third kappa shape index (κ3) is 2.47. The monoisotopic (exact) mass is 256 g/mol. The molecule has 0 aliphatic heterocycles. The van der Waals surface area contributed by atoms with Gasteiger partial charge in [0, 0.05) is 23.5 Å². The van der Waals surface area contributed by atoms with Crippen molar-refractivity contribution < 1.29 is 0 Å². The fourth-order valence-corrected chi connectivity index (χ4v) is 2.58. The first-order valence-electron chi connectivity index (χ1n) is 6.45. The standard InChI is InChI=1S/C16H20N2O/c1-10-5-11(2)7-14(6-10)18-13(4)8-12(3)15(9-17)16(18)19/h5-8H,9,17H2,1-4H3. The lowest BCUT2D eigenvalue weighted by Gasteiger charge is -2.15. The minimum Gasteiger partial charge on any atom is -0.326 e. The van der Waals surface area contributed by atoms with E-state index >= 15 is 0 Å². The Morgan fingerprint density at radius 3 is 2.11 bits per heavy atom. The predicted molar refractivity (Wildman–Crippen MR) is 78.9 cm³/mol. The summed E-state index contributed by atoms with van der Waals surface area (Å²) >= 11 is 0. The summed E-state index contributed by atoms with van der Waals surface area (Å²) in [6.07, 6.45) is 0. The average molecular weight is 256 g/mol. The molecule has 2 N–H and O–H groups in total. The first-order chi connectivity index (χ1) is 8.93. The van der Waals surface area contributed by atoms with Crippen molar-refractivity contribution in [1.82, 2.24) is 4.57 Å². The van der Waals surface area contributed by atoms with Gasteiger partial charge in [-0.1, -0.05) is 6.07 Å². The lowest BCUT2D eigenvalue weighted by molar-refractivity contribution is 0.874. The molecule has 100 valence electrons.